The van der Waals surface area contributed by atoms with Gasteiger partial charge in [-0.2, -0.15) is 0 Å². The van der Waals surface area contributed by atoms with Crippen LogP contribution in [0.3, 0.4) is 0 Å². The van der Waals surface area contributed by atoms with Crippen LogP contribution in [0.15, 0.2) is 42.6 Å². The molecule has 0 fully saturated rings. The number of nitrogens with zero attached hydrogens (tertiary/aromatic N) is 2. The van der Waals surface area contributed by atoms with Gasteiger partial charge in [0.25, 0.3) is 0 Å². The minimum atomic E-state index is -0.294. The molecule has 1 aromatic carbocycles. The first-order valence-electron chi connectivity index (χ1n) is 6.49. The van der Waals surface area contributed by atoms with Crippen molar-refractivity contribution in [3.05, 3.63) is 54.1 Å². The van der Waals surface area contributed by atoms with Crippen LogP contribution in [0.2, 0.25) is 0 Å². The number of aryl methyl sites for hydroxylation is 1. The highest BCUT2D eigenvalue weighted by Crippen LogP contribution is 2.32. The van der Waals surface area contributed by atoms with Gasteiger partial charge in [-0.05, 0) is 36.8 Å². The molecule has 0 bridgehead atoms. The monoisotopic (exact) mass is 267 g/mol. The quantitative estimate of drug-likeness (QED) is 0.772. The van der Waals surface area contributed by atoms with E-state index < -0.39 is 0 Å². The largest absolute Gasteiger partial charge is 0.384 e. The van der Waals surface area contributed by atoms with E-state index in [1.807, 2.05) is 25.1 Å². The van der Waals surface area contributed by atoms with Crippen LogP contribution >= 0.6 is 0 Å². The number of pyridine rings is 2. The van der Waals surface area contributed by atoms with Crippen molar-refractivity contribution in [3.8, 4) is 11.1 Å². The fourth-order valence-electron chi connectivity index (χ4n) is 2.39. The smallest absolute Gasteiger partial charge is 0.133 e. The van der Waals surface area contributed by atoms with Crippen LogP contribution in [0.25, 0.3) is 22.0 Å². The molecule has 3 aromatic rings. The van der Waals surface area contributed by atoms with E-state index >= 15 is 0 Å². The number of aromatic nitrogens is 2. The summed E-state index contributed by atoms with van der Waals surface area (Å²) in [6, 6.07) is 10.5. The summed E-state index contributed by atoms with van der Waals surface area (Å²) in [6.07, 6.45) is 2.35. The minimum absolute atomic E-state index is 0.294. The number of anilines is 1. The second kappa shape index (κ2) is 4.89. The van der Waals surface area contributed by atoms with Crippen LogP contribution in [0, 0.1) is 5.82 Å². The van der Waals surface area contributed by atoms with Crippen molar-refractivity contribution in [2.24, 2.45) is 0 Å². The summed E-state index contributed by atoms with van der Waals surface area (Å²) in [5.41, 5.74) is 8.38. The van der Waals surface area contributed by atoms with Gasteiger partial charge in [0.1, 0.15) is 11.6 Å². The number of halogens is 1. The number of nitrogens with two attached hydrogens (primary N) is 1. The Balaban J connectivity index is 2.37. The molecule has 0 aliphatic carbocycles. The van der Waals surface area contributed by atoms with Crippen molar-refractivity contribution in [1.82, 2.24) is 9.97 Å². The predicted molar refractivity (Wildman–Crippen MR) is 78.7 cm³/mol. The molecule has 3 rings (SSSR count). The van der Waals surface area contributed by atoms with Gasteiger partial charge in [0.15, 0.2) is 0 Å². The molecule has 0 amide bonds. The maximum absolute atomic E-state index is 14.3. The van der Waals surface area contributed by atoms with Gasteiger partial charge in [-0.3, -0.25) is 4.98 Å². The first-order chi connectivity index (χ1) is 9.70. The summed E-state index contributed by atoms with van der Waals surface area (Å²) >= 11 is 0. The van der Waals surface area contributed by atoms with Crippen LogP contribution in [0.4, 0.5) is 10.2 Å². The zero-order chi connectivity index (χ0) is 14.1. The van der Waals surface area contributed by atoms with Gasteiger partial charge in [0, 0.05) is 22.7 Å². The molecule has 100 valence electrons. The van der Waals surface area contributed by atoms with E-state index in [9.17, 15) is 4.39 Å². The lowest BCUT2D eigenvalue weighted by atomic mass is 9.99. The van der Waals surface area contributed by atoms with E-state index in [4.69, 9.17) is 5.73 Å². The molecule has 0 spiro atoms. The fraction of sp³-hybridized carbons (Fsp3) is 0.125. The second-order valence-corrected chi connectivity index (χ2v) is 4.58. The molecular formula is C16H14FN3. The van der Waals surface area contributed by atoms with Crippen molar-refractivity contribution in [1.29, 1.82) is 0 Å². The van der Waals surface area contributed by atoms with E-state index in [1.165, 1.54) is 6.07 Å². The Morgan fingerprint density at radius 1 is 1.15 bits per heavy atom. The van der Waals surface area contributed by atoms with Crippen molar-refractivity contribution < 1.29 is 4.39 Å². The fourth-order valence-corrected chi connectivity index (χ4v) is 2.39. The van der Waals surface area contributed by atoms with E-state index in [0.29, 0.717) is 23.3 Å². The molecule has 0 unspecified atom stereocenters. The van der Waals surface area contributed by atoms with Crippen LogP contribution in [0.5, 0.6) is 0 Å². The Morgan fingerprint density at radius 2 is 2.00 bits per heavy atom. The molecule has 2 aromatic heterocycles. The average molecular weight is 267 g/mol. The zero-order valence-corrected chi connectivity index (χ0v) is 11.1. The number of hydrogen-bond acceptors (Lipinski definition) is 3. The third kappa shape index (κ3) is 1.99. The Labute approximate surface area is 116 Å². The number of nitrogen functional groups attached to an aromatic ring is 1. The maximum Gasteiger partial charge on any atom is 0.133 e. The Morgan fingerprint density at radius 3 is 2.80 bits per heavy atom. The van der Waals surface area contributed by atoms with Crippen LogP contribution < -0.4 is 5.73 Å². The molecule has 0 aliphatic rings. The third-order valence-electron chi connectivity index (χ3n) is 3.32. The van der Waals surface area contributed by atoms with Gasteiger partial charge in [0.05, 0.1) is 11.2 Å². The standard InChI is InChI=1S/C16H14FN3/c1-2-13-11(6-8-14(18)20-13)15-12(17)7-5-10-4-3-9-19-16(10)15/h3-9H,2H2,1H3,(H2,18,20). The lowest BCUT2D eigenvalue weighted by Crippen LogP contribution is -1.99. The average Bonchev–Trinajstić information content (AvgIpc) is 2.48. The second-order valence-electron chi connectivity index (χ2n) is 4.58. The van der Waals surface area contributed by atoms with Crippen molar-refractivity contribution in [3.63, 3.8) is 0 Å². The molecule has 0 aliphatic heterocycles. The van der Waals surface area contributed by atoms with Gasteiger partial charge < -0.3 is 5.73 Å². The summed E-state index contributed by atoms with van der Waals surface area (Å²) in [4.78, 5) is 8.62. The highest BCUT2D eigenvalue weighted by Gasteiger charge is 2.15. The topological polar surface area (TPSA) is 51.8 Å². The molecule has 20 heavy (non-hydrogen) atoms. The van der Waals surface area contributed by atoms with Crippen molar-refractivity contribution >= 4 is 16.7 Å². The van der Waals surface area contributed by atoms with Crippen molar-refractivity contribution in [2.45, 2.75) is 13.3 Å². The van der Waals surface area contributed by atoms with E-state index in [1.54, 1.807) is 18.3 Å². The van der Waals surface area contributed by atoms with E-state index in [-0.39, 0.29) is 5.82 Å². The lowest BCUT2D eigenvalue weighted by molar-refractivity contribution is 0.632. The minimum Gasteiger partial charge on any atom is -0.384 e. The molecule has 4 heteroatoms. The molecule has 2 N–H and O–H groups in total. The molecular weight excluding hydrogens is 253 g/mol. The highest BCUT2D eigenvalue weighted by atomic mass is 19.1. The Kier molecular flexibility index (Phi) is 3.06. The summed E-state index contributed by atoms with van der Waals surface area (Å²) in [5.74, 6) is 0.150. The predicted octanol–water partition coefficient (Wildman–Crippen LogP) is 3.58. The maximum atomic E-state index is 14.3. The summed E-state index contributed by atoms with van der Waals surface area (Å²) in [5, 5.41) is 0.905. The molecule has 3 nitrogen and oxygen atoms in total. The number of benzene rings is 1. The summed E-state index contributed by atoms with van der Waals surface area (Å²) in [7, 11) is 0. The molecule has 0 radical (unpaired) electrons. The van der Waals surface area contributed by atoms with Crippen LogP contribution in [-0.4, -0.2) is 9.97 Å². The first kappa shape index (κ1) is 12.5. The number of rotatable bonds is 2. The van der Waals surface area contributed by atoms with Crippen LogP contribution in [-0.2, 0) is 6.42 Å². The third-order valence-corrected chi connectivity index (χ3v) is 3.32. The van der Waals surface area contributed by atoms with Gasteiger partial charge >= 0.3 is 0 Å². The SMILES string of the molecule is CCc1nc(N)ccc1-c1c(F)ccc2cccnc12. The van der Waals surface area contributed by atoms with E-state index in [2.05, 4.69) is 9.97 Å². The van der Waals surface area contributed by atoms with Crippen LogP contribution in [0.1, 0.15) is 12.6 Å². The lowest BCUT2D eigenvalue weighted by Gasteiger charge is -2.11. The Bertz CT molecular complexity index is 784. The molecule has 0 saturated carbocycles. The van der Waals surface area contributed by atoms with E-state index in [0.717, 1.165) is 16.6 Å². The van der Waals surface area contributed by atoms with Gasteiger partial charge in [0.2, 0.25) is 0 Å². The molecule has 0 saturated heterocycles. The number of hydrogen-bond donors (Lipinski definition) is 1. The zero-order valence-electron chi connectivity index (χ0n) is 11.1. The van der Waals surface area contributed by atoms with Gasteiger partial charge in [-0.25, -0.2) is 9.37 Å². The summed E-state index contributed by atoms with van der Waals surface area (Å²) < 4.78 is 14.3. The molecule has 0 atom stereocenters. The Hall–Kier alpha value is -2.49. The first-order valence-corrected chi connectivity index (χ1v) is 6.49. The highest BCUT2D eigenvalue weighted by molar-refractivity contribution is 5.94. The van der Waals surface area contributed by atoms with Gasteiger partial charge in [-0.1, -0.05) is 13.0 Å². The van der Waals surface area contributed by atoms with Crippen molar-refractivity contribution in [2.75, 3.05) is 5.73 Å². The molecule has 2 heterocycles. The number of fused-ring (bicyclic) bond motifs is 1. The van der Waals surface area contributed by atoms with Gasteiger partial charge in [-0.15, -0.1) is 0 Å². The summed E-state index contributed by atoms with van der Waals surface area (Å²) in [6.45, 7) is 1.97. The normalized spacial score (nSPS) is 10.9.